The fraction of sp³-hybridized carbons (Fsp3) is 0.812. The van der Waals surface area contributed by atoms with E-state index in [1.165, 1.54) is 16.3 Å². The Morgan fingerprint density at radius 1 is 1.40 bits per heavy atom. The van der Waals surface area contributed by atoms with E-state index < -0.39 is 0 Å². The summed E-state index contributed by atoms with van der Waals surface area (Å²) in [5, 5.41) is 5.00. The summed E-state index contributed by atoms with van der Waals surface area (Å²) in [5.41, 5.74) is 0. The molecule has 0 bridgehead atoms. The summed E-state index contributed by atoms with van der Waals surface area (Å²) in [6.45, 7) is 13.7. The molecule has 2 rings (SSSR count). The van der Waals surface area contributed by atoms with Crippen LogP contribution in [0.3, 0.4) is 0 Å². The average Bonchev–Trinajstić information content (AvgIpc) is 2.94. The summed E-state index contributed by atoms with van der Waals surface area (Å²) < 4.78 is 0. The van der Waals surface area contributed by atoms with Crippen molar-refractivity contribution in [3.05, 3.63) is 16.1 Å². The fourth-order valence-corrected chi connectivity index (χ4v) is 3.90. The van der Waals surface area contributed by atoms with E-state index in [4.69, 9.17) is 0 Å². The summed E-state index contributed by atoms with van der Waals surface area (Å²) in [6.07, 6.45) is 4.35. The molecule has 4 heteroatoms. The molecule has 2 heterocycles. The number of nitrogens with one attached hydrogen (secondary N) is 1. The Hall–Kier alpha value is -0.450. The molecule has 0 spiro atoms. The Labute approximate surface area is 127 Å². The second kappa shape index (κ2) is 7.01. The Bertz CT molecular complexity index is 416. The summed E-state index contributed by atoms with van der Waals surface area (Å²) in [5.74, 6) is 0.685. The van der Waals surface area contributed by atoms with Gasteiger partial charge in [-0.3, -0.25) is 4.90 Å². The molecule has 3 unspecified atom stereocenters. The molecule has 1 fully saturated rings. The number of nitrogens with zero attached hydrogens (tertiary/aromatic N) is 2. The number of aryl methyl sites for hydroxylation is 1. The minimum absolute atomic E-state index is 0.439. The third-order valence-corrected chi connectivity index (χ3v) is 5.85. The van der Waals surface area contributed by atoms with E-state index in [1.54, 1.807) is 0 Å². The van der Waals surface area contributed by atoms with E-state index in [1.807, 2.05) is 11.3 Å². The van der Waals surface area contributed by atoms with Crippen molar-refractivity contribution >= 4 is 11.3 Å². The van der Waals surface area contributed by atoms with Gasteiger partial charge in [0.05, 0.1) is 6.04 Å². The monoisotopic (exact) mass is 295 g/mol. The number of hydrogen-bond donors (Lipinski definition) is 1. The fourth-order valence-electron chi connectivity index (χ4n) is 2.97. The molecule has 20 heavy (non-hydrogen) atoms. The van der Waals surface area contributed by atoms with Crippen LogP contribution in [-0.2, 0) is 6.42 Å². The van der Waals surface area contributed by atoms with Crippen LogP contribution in [0.4, 0.5) is 0 Å². The third-order valence-electron chi connectivity index (χ3n) is 4.54. The molecule has 0 saturated carbocycles. The highest BCUT2D eigenvalue weighted by Crippen LogP contribution is 2.29. The van der Waals surface area contributed by atoms with Gasteiger partial charge in [-0.25, -0.2) is 4.98 Å². The second-order valence-corrected chi connectivity index (χ2v) is 7.36. The lowest BCUT2D eigenvalue weighted by atomic mass is 9.97. The number of thiazole rings is 1. The van der Waals surface area contributed by atoms with Gasteiger partial charge in [0, 0.05) is 36.2 Å². The van der Waals surface area contributed by atoms with Gasteiger partial charge in [0.2, 0.25) is 0 Å². The van der Waals surface area contributed by atoms with Crippen molar-refractivity contribution in [1.82, 2.24) is 15.2 Å². The molecule has 1 aliphatic rings. The molecule has 0 radical (unpaired) electrons. The van der Waals surface area contributed by atoms with Crippen molar-refractivity contribution < 1.29 is 0 Å². The topological polar surface area (TPSA) is 28.2 Å². The van der Waals surface area contributed by atoms with Crippen LogP contribution in [0.1, 0.15) is 57.0 Å². The summed E-state index contributed by atoms with van der Waals surface area (Å²) in [6, 6.07) is 1.67. The Morgan fingerprint density at radius 3 is 2.70 bits per heavy atom. The summed E-state index contributed by atoms with van der Waals surface area (Å²) in [4.78, 5) is 8.72. The molecule has 1 aromatic heterocycles. The van der Waals surface area contributed by atoms with Gasteiger partial charge in [-0.2, -0.15) is 0 Å². The van der Waals surface area contributed by atoms with Crippen LogP contribution in [0.5, 0.6) is 0 Å². The zero-order chi connectivity index (χ0) is 14.7. The van der Waals surface area contributed by atoms with Gasteiger partial charge in [-0.15, -0.1) is 11.3 Å². The summed E-state index contributed by atoms with van der Waals surface area (Å²) >= 11 is 1.88. The van der Waals surface area contributed by atoms with Crippen molar-refractivity contribution in [1.29, 1.82) is 0 Å². The minimum atomic E-state index is 0.439. The maximum Gasteiger partial charge on any atom is 0.110 e. The second-order valence-electron chi connectivity index (χ2n) is 6.21. The Morgan fingerprint density at radius 2 is 2.15 bits per heavy atom. The van der Waals surface area contributed by atoms with Gasteiger partial charge in [-0.1, -0.05) is 27.7 Å². The molecule has 1 N–H and O–H groups in total. The molecule has 1 aromatic rings. The van der Waals surface area contributed by atoms with Gasteiger partial charge in [0.1, 0.15) is 5.01 Å². The van der Waals surface area contributed by atoms with Gasteiger partial charge in [0.15, 0.2) is 0 Å². The van der Waals surface area contributed by atoms with E-state index in [0.717, 1.165) is 19.5 Å². The first-order valence-electron chi connectivity index (χ1n) is 8.00. The van der Waals surface area contributed by atoms with E-state index in [9.17, 15) is 0 Å². The average molecular weight is 295 g/mol. The van der Waals surface area contributed by atoms with Crippen LogP contribution in [0.15, 0.2) is 6.20 Å². The lowest BCUT2D eigenvalue weighted by Crippen LogP contribution is -2.58. The summed E-state index contributed by atoms with van der Waals surface area (Å²) in [7, 11) is 0. The molecule has 0 aliphatic carbocycles. The highest BCUT2D eigenvalue weighted by atomic mass is 32.1. The molecule has 1 aliphatic heterocycles. The molecule has 1 saturated heterocycles. The van der Waals surface area contributed by atoms with Gasteiger partial charge < -0.3 is 5.32 Å². The molecule has 0 aromatic carbocycles. The van der Waals surface area contributed by atoms with Crippen molar-refractivity contribution in [2.24, 2.45) is 5.92 Å². The van der Waals surface area contributed by atoms with Gasteiger partial charge in [-0.05, 0) is 25.7 Å². The number of rotatable bonds is 5. The van der Waals surface area contributed by atoms with Gasteiger partial charge in [0.25, 0.3) is 0 Å². The largest absolute Gasteiger partial charge is 0.311 e. The smallest absolute Gasteiger partial charge is 0.110 e. The first-order chi connectivity index (χ1) is 9.56. The quantitative estimate of drug-likeness (QED) is 0.901. The highest BCUT2D eigenvalue weighted by Gasteiger charge is 2.32. The van der Waals surface area contributed by atoms with Crippen LogP contribution >= 0.6 is 11.3 Å². The van der Waals surface area contributed by atoms with Crippen molar-refractivity contribution in [3.63, 3.8) is 0 Å². The van der Waals surface area contributed by atoms with E-state index in [0.29, 0.717) is 24.0 Å². The van der Waals surface area contributed by atoms with Crippen molar-refractivity contribution in [2.45, 2.75) is 65.6 Å². The van der Waals surface area contributed by atoms with Crippen LogP contribution in [0.2, 0.25) is 0 Å². The van der Waals surface area contributed by atoms with Crippen LogP contribution in [-0.4, -0.2) is 35.1 Å². The SMILES string of the molecule is CCc1cnc(C(C)N2CC(C(C)C)NCC2CC)s1. The molecular weight excluding hydrogens is 266 g/mol. The normalized spacial score (nSPS) is 26.1. The van der Waals surface area contributed by atoms with E-state index >= 15 is 0 Å². The third kappa shape index (κ3) is 3.41. The highest BCUT2D eigenvalue weighted by molar-refractivity contribution is 7.11. The first kappa shape index (κ1) is 15.9. The van der Waals surface area contributed by atoms with Crippen LogP contribution < -0.4 is 5.32 Å². The van der Waals surface area contributed by atoms with Gasteiger partial charge >= 0.3 is 0 Å². The van der Waals surface area contributed by atoms with E-state index in [2.05, 4.69) is 56.0 Å². The molecule has 0 amide bonds. The lowest BCUT2D eigenvalue weighted by Gasteiger charge is -2.44. The number of hydrogen-bond acceptors (Lipinski definition) is 4. The van der Waals surface area contributed by atoms with E-state index in [-0.39, 0.29) is 0 Å². The first-order valence-corrected chi connectivity index (χ1v) is 8.82. The minimum Gasteiger partial charge on any atom is -0.311 e. The molecule has 3 atom stereocenters. The zero-order valence-corrected chi connectivity index (χ0v) is 14.3. The number of piperazine rings is 1. The maximum atomic E-state index is 4.66. The predicted octanol–water partition coefficient (Wildman–Crippen LogP) is 3.47. The Kier molecular flexibility index (Phi) is 5.58. The van der Waals surface area contributed by atoms with Crippen molar-refractivity contribution in [3.8, 4) is 0 Å². The standard InChI is InChI=1S/C16H29N3S/c1-6-13-8-17-15(11(3)4)10-19(13)12(5)16-18-9-14(7-2)20-16/h9,11-13,15,17H,6-8,10H2,1-5H3. The maximum absolute atomic E-state index is 4.66. The zero-order valence-electron chi connectivity index (χ0n) is 13.5. The van der Waals surface area contributed by atoms with Crippen LogP contribution in [0.25, 0.3) is 0 Å². The lowest BCUT2D eigenvalue weighted by molar-refractivity contribution is 0.0735. The predicted molar refractivity (Wildman–Crippen MR) is 87.3 cm³/mol. The molecule has 114 valence electrons. The van der Waals surface area contributed by atoms with Crippen molar-refractivity contribution in [2.75, 3.05) is 13.1 Å². The number of aromatic nitrogens is 1. The molecular formula is C16H29N3S. The molecule has 3 nitrogen and oxygen atoms in total. The van der Waals surface area contributed by atoms with Crippen LogP contribution in [0, 0.1) is 5.92 Å². The Balaban J connectivity index is 2.13.